The number of aliphatic carboxylic acids is 1. The molecule has 1 aliphatic carbocycles. The first kappa shape index (κ1) is 22.4. The van der Waals surface area contributed by atoms with E-state index in [1.807, 2.05) is 48.5 Å². The quantitative estimate of drug-likeness (QED) is 0.530. The number of carbonyl (C=O) groups excluding carboxylic acids is 1. The van der Waals surface area contributed by atoms with E-state index in [1.54, 1.807) is 0 Å². The van der Waals surface area contributed by atoms with Crippen LogP contribution in [0.25, 0.3) is 11.1 Å². The van der Waals surface area contributed by atoms with Gasteiger partial charge in [0.2, 0.25) is 0 Å². The van der Waals surface area contributed by atoms with E-state index in [0.29, 0.717) is 6.07 Å². The van der Waals surface area contributed by atoms with Gasteiger partial charge in [0.15, 0.2) is 5.54 Å². The standard InChI is InChI=1S/C25H20F3NO4/c1-24(22(30)31,15-7-6-8-16(13-15)25(26,27)28)29-23(32)33-14-21-19-11-4-2-9-17(19)18-10-3-5-12-20(18)21/h2-13,21H,14H2,1H3,(H,29,32)(H,30,31). The zero-order chi connectivity index (χ0) is 23.8. The zero-order valence-corrected chi connectivity index (χ0v) is 17.5. The van der Waals surface area contributed by atoms with Crippen molar-refractivity contribution in [1.82, 2.24) is 5.32 Å². The average molecular weight is 455 g/mol. The lowest BCUT2D eigenvalue weighted by Crippen LogP contribution is -2.50. The molecule has 2 N–H and O–H groups in total. The van der Waals surface area contributed by atoms with Crippen LogP contribution >= 0.6 is 0 Å². The van der Waals surface area contributed by atoms with Crippen LogP contribution in [0.3, 0.4) is 0 Å². The van der Waals surface area contributed by atoms with Crippen LogP contribution in [-0.4, -0.2) is 23.8 Å². The maximum atomic E-state index is 13.1. The van der Waals surface area contributed by atoms with Crippen LogP contribution in [0.5, 0.6) is 0 Å². The summed E-state index contributed by atoms with van der Waals surface area (Å²) < 4.78 is 44.7. The molecule has 5 nitrogen and oxygen atoms in total. The molecule has 1 amide bonds. The second-order valence-corrected chi connectivity index (χ2v) is 7.96. The maximum absolute atomic E-state index is 13.1. The fourth-order valence-corrected chi connectivity index (χ4v) is 4.09. The van der Waals surface area contributed by atoms with Crippen molar-refractivity contribution < 1.29 is 32.6 Å². The van der Waals surface area contributed by atoms with E-state index < -0.39 is 29.3 Å². The fourth-order valence-electron chi connectivity index (χ4n) is 4.09. The van der Waals surface area contributed by atoms with Crippen LogP contribution < -0.4 is 5.32 Å². The summed E-state index contributed by atoms with van der Waals surface area (Å²) in [5, 5.41) is 11.9. The summed E-state index contributed by atoms with van der Waals surface area (Å²) in [5.41, 5.74) is 0.655. The van der Waals surface area contributed by atoms with Crippen molar-refractivity contribution in [2.45, 2.75) is 24.6 Å². The molecule has 3 aromatic rings. The van der Waals surface area contributed by atoms with Crippen LogP contribution in [0.1, 0.15) is 35.1 Å². The molecule has 0 heterocycles. The van der Waals surface area contributed by atoms with Crippen molar-refractivity contribution >= 4 is 12.1 Å². The number of ether oxygens (including phenoxy) is 1. The zero-order valence-electron chi connectivity index (χ0n) is 17.5. The Bertz CT molecular complexity index is 1180. The second-order valence-electron chi connectivity index (χ2n) is 7.96. The molecule has 0 saturated heterocycles. The number of fused-ring (bicyclic) bond motifs is 3. The number of alkyl halides is 3. The molecule has 0 fully saturated rings. The monoisotopic (exact) mass is 455 g/mol. The van der Waals surface area contributed by atoms with Crippen LogP contribution in [0.2, 0.25) is 0 Å². The first-order valence-electron chi connectivity index (χ1n) is 10.2. The molecular formula is C25H20F3NO4. The number of amides is 1. The molecule has 0 saturated carbocycles. The molecule has 4 rings (SSSR count). The Morgan fingerprint density at radius 1 is 0.909 bits per heavy atom. The number of rotatable bonds is 5. The first-order chi connectivity index (χ1) is 15.6. The minimum Gasteiger partial charge on any atom is -0.479 e. The molecule has 1 atom stereocenters. The predicted octanol–water partition coefficient (Wildman–Crippen LogP) is 5.54. The summed E-state index contributed by atoms with van der Waals surface area (Å²) in [5.74, 6) is -1.76. The number of carbonyl (C=O) groups is 2. The second kappa shape index (κ2) is 8.27. The van der Waals surface area contributed by atoms with Crippen LogP contribution in [-0.2, 0) is 21.2 Å². The Labute approximate surface area is 187 Å². The lowest BCUT2D eigenvalue weighted by molar-refractivity contribution is -0.145. The smallest absolute Gasteiger partial charge is 0.416 e. The minimum atomic E-state index is -4.65. The van der Waals surface area contributed by atoms with Gasteiger partial charge >= 0.3 is 18.2 Å². The summed E-state index contributed by atoms with van der Waals surface area (Å²) in [7, 11) is 0. The molecule has 0 aliphatic heterocycles. The van der Waals surface area contributed by atoms with Gasteiger partial charge in [0.25, 0.3) is 0 Å². The lowest BCUT2D eigenvalue weighted by atomic mass is 9.91. The number of hydrogen-bond donors (Lipinski definition) is 2. The van der Waals surface area contributed by atoms with Gasteiger partial charge in [-0.25, -0.2) is 9.59 Å². The fraction of sp³-hybridized carbons (Fsp3) is 0.200. The van der Waals surface area contributed by atoms with Gasteiger partial charge in [0, 0.05) is 5.92 Å². The highest BCUT2D eigenvalue weighted by molar-refractivity contribution is 5.85. The Balaban J connectivity index is 1.54. The number of carboxylic acids is 1. The van der Waals surface area contributed by atoms with Gasteiger partial charge in [-0.1, -0.05) is 60.7 Å². The number of benzene rings is 3. The van der Waals surface area contributed by atoms with Gasteiger partial charge in [-0.2, -0.15) is 13.2 Å². The van der Waals surface area contributed by atoms with Crippen molar-refractivity contribution in [1.29, 1.82) is 0 Å². The van der Waals surface area contributed by atoms with E-state index in [-0.39, 0.29) is 18.1 Å². The Kier molecular flexibility index (Phi) is 5.61. The first-order valence-corrected chi connectivity index (χ1v) is 10.2. The predicted molar refractivity (Wildman–Crippen MR) is 115 cm³/mol. The Hall–Kier alpha value is -3.81. The van der Waals surface area contributed by atoms with Crippen molar-refractivity contribution in [3.63, 3.8) is 0 Å². The van der Waals surface area contributed by atoms with Gasteiger partial charge in [0.05, 0.1) is 5.56 Å². The average Bonchev–Trinajstić information content (AvgIpc) is 3.11. The highest BCUT2D eigenvalue weighted by Gasteiger charge is 2.40. The highest BCUT2D eigenvalue weighted by Crippen LogP contribution is 2.44. The van der Waals surface area contributed by atoms with Crippen LogP contribution in [0, 0.1) is 0 Å². The Morgan fingerprint density at radius 2 is 1.45 bits per heavy atom. The van der Waals surface area contributed by atoms with E-state index >= 15 is 0 Å². The molecule has 0 radical (unpaired) electrons. The summed E-state index contributed by atoms with van der Waals surface area (Å²) in [6.45, 7) is 1.06. The van der Waals surface area contributed by atoms with E-state index in [0.717, 1.165) is 41.3 Å². The largest absolute Gasteiger partial charge is 0.479 e. The molecule has 1 aliphatic rings. The van der Waals surface area contributed by atoms with Crippen LogP contribution in [0.4, 0.5) is 18.0 Å². The van der Waals surface area contributed by atoms with Crippen molar-refractivity contribution in [3.8, 4) is 11.1 Å². The summed E-state index contributed by atoms with van der Waals surface area (Å²) in [4.78, 5) is 24.5. The number of carboxylic acid groups (broad SMARTS) is 1. The third-order valence-electron chi connectivity index (χ3n) is 5.89. The third-order valence-corrected chi connectivity index (χ3v) is 5.89. The maximum Gasteiger partial charge on any atom is 0.416 e. The SMILES string of the molecule is CC(NC(=O)OCC1c2ccccc2-c2ccccc21)(C(=O)O)c1cccc(C(F)(F)F)c1. The molecule has 1 unspecified atom stereocenters. The van der Waals surface area contributed by atoms with E-state index in [2.05, 4.69) is 5.32 Å². The Morgan fingerprint density at radius 3 is 2.00 bits per heavy atom. The number of nitrogens with one attached hydrogen (secondary N) is 1. The minimum absolute atomic E-state index is 0.0574. The van der Waals surface area contributed by atoms with Crippen molar-refractivity contribution in [2.24, 2.45) is 0 Å². The third kappa shape index (κ3) is 4.16. The number of alkyl carbamates (subject to hydrolysis) is 1. The summed E-state index contributed by atoms with van der Waals surface area (Å²) in [6, 6.07) is 19.3. The van der Waals surface area contributed by atoms with Crippen molar-refractivity contribution in [3.05, 3.63) is 95.1 Å². The molecular weight excluding hydrogens is 435 g/mol. The molecule has 3 aromatic carbocycles. The number of halogens is 3. The van der Waals surface area contributed by atoms with Gasteiger partial charge < -0.3 is 15.2 Å². The van der Waals surface area contributed by atoms with E-state index in [9.17, 15) is 27.9 Å². The van der Waals surface area contributed by atoms with Gasteiger partial charge in [0.1, 0.15) is 6.61 Å². The van der Waals surface area contributed by atoms with Crippen molar-refractivity contribution in [2.75, 3.05) is 6.61 Å². The van der Waals surface area contributed by atoms with E-state index in [1.165, 1.54) is 6.07 Å². The van der Waals surface area contributed by atoms with E-state index in [4.69, 9.17) is 4.74 Å². The molecule has 8 heteroatoms. The molecule has 0 spiro atoms. The highest BCUT2D eigenvalue weighted by atomic mass is 19.4. The summed E-state index contributed by atoms with van der Waals surface area (Å²) in [6.07, 6.45) is -5.70. The van der Waals surface area contributed by atoms with Gasteiger partial charge in [-0.05, 0) is 46.9 Å². The number of hydrogen-bond acceptors (Lipinski definition) is 3. The van der Waals surface area contributed by atoms with Crippen LogP contribution in [0.15, 0.2) is 72.8 Å². The molecule has 0 bridgehead atoms. The molecule has 0 aromatic heterocycles. The summed E-state index contributed by atoms with van der Waals surface area (Å²) >= 11 is 0. The molecule has 33 heavy (non-hydrogen) atoms. The van der Waals surface area contributed by atoms with Gasteiger partial charge in [-0.3, -0.25) is 0 Å². The topological polar surface area (TPSA) is 75.6 Å². The van der Waals surface area contributed by atoms with Gasteiger partial charge in [-0.15, -0.1) is 0 Å². The lowest BCUT2D eigenvalue weighted by Gasteiger charge is -2.27. The molecule has 170 valence electrons. The normalized spacial score (nSPS) is 14.7.